The third-order valence-electron chi connectivity index (χ3n) is 4.62. The zero-order valence-corrected chi connectivity index (χ0v) is 17.8. The minimum Gasteiger partial charge on any atom is -0.495 e. The number of nitrogens with one attached hydrogen (secondary N) is 3. The van der Waals surface area contributed by atoms with E-state index in [1.807, 2.05) is 0 Å². The Kier molecular flexibility index (Phi) is 7.47. The molecule has 3 N–H and O–H groups in total. The van der Waals surface area contributed by atoms with Crippen LogP contribution < -0.4 is 20.7 Å². The van der Waals surface area contributed by atoms with Crippen molar-refractivity contribution in [1.29, 1.82) is 0 Å². The predicted molar refractivity (Wildman–Crippen MR) is 111 cm³/mol. The lowest BCUT2D eigenvalue weighted by Gasteiger charge is -2.24. The second-order valence-corrected chi connectivity index (χ2v) is 8.25. The van der Waals surface area contributed by atoms with E-state index in [1.54, 1.807) is 39.0 Å². The van der Waals surface area contributed by atoms with E-state index in [2.05, 4.69) is 16.0 Å². The highest BCUT2D eigenvalue weighted by molar-refractivity contribution is 5.98. The van der Waals surface area contributed by atoms with Crippen molar-refractivity contribution in [3.63, 3.8) is 0 Å². The maximum absolute atomic E-state index is 12.8. The van der Waals surface area contributed by atoms with Gasteiger partial charge in [0.2, 0.25) is 11.8 Å². The van der Waals surface area contributed by atoms with E-state index in [9.17, 15) is 14.4 Å². The van der Waals surface area contributed by atoms with Crippen molar-refractivity contribution in [2.45, 2.75) is 65.0 Å². The molecule has 0 radical (unpaired) electrons. The van der Waals surface area contributed by atoms with Crippen molar-refractivity contribution in [1.82, 2.24) is 5.32 Å². The van der Waals surface area contributed by atoms with E-state index in [0.29, 0.717) is 17.1 Å². The average Bonchev–Trinajstić information content (AvgIpc) is 3.12. The molecule has 0 aromatic heterocycles. The number of anilines is 2. The summed E-state index contributed by atoms with van der Waals surface area (Å²) in [7, 11) is 1.49. The molecule has 1 atom stereocenters. The van der Waals surface area contributed by atoms with Crippen LogP contribution in [0.25, 0.3) is 0 Å². The molecule has 29 heavy (non-hydrogen) atoms. The van der Waals surface area contributed by atoms with Crippen LogP contribution in [0, 0.1) is 5.92 Å². The molecule has 160 valence electrons. The van der Waals surface area contributed by atoms with Crippen molar-refractivity contribution in [3.8, 4) is 5.75 Å². The third kappa shape index (κ3) is 6.96. The predicted octanol–water partition coefficient (Wildman–Crippen LogP) is 3.68. The third-order valence-corrected chi connectivity index (χ3v) is 4.62. The maximum atomic E-state index is 12.8. The van der Waals surface area contributed by atoms with Gasteiger partial charge < -0.3 is 20.1 Å². The molecule has 0 bridgehead atoms. The number of benzene rings is 1. The maximum Gasteiger partial charge on any atom is 0.412 e. The fraction of sp³-hybridized carbons (Fsp3) is 0.571. The Labute approximate surface area is 171 Å². The van der Waals surface area contributed by atoms with Crippen LogP contribution in [0.2, 0.25) is 0 Å². The van der Waals surface area contributed by atoms with Gasteiger partial charge in [-0.15, -0.1) is 0 Å². The van der Waals surface area contributed by atoms with Gasteiger partial charge in [-0.25, -0.2) is 4.79 Å². The minimum atomic E-state index is -0.643. The molecular weight excluding hydrogens is 374 g/mol. The minimum absolute atomic E-state index is 0.122. The summed E-state index contributed by atoms with van der Waals surface area (Å²) in [5.41, 5.74) is 0.211. The van der Waals surface area contributed by atoms with Crippen LogP contribution in [0.4, 0.5) is 16.2 Å². The van der Waals surface area contributed by atoms with Gasteiger partial charge in [0.15, 0.2) is 0 Å². The molecule has 1 fully saturated rings. The summed E-state index contributed by atoms with van der Waals surface area (Å²) in [5.74, 6) is 0.0408. The molecule has 1 saturated carbocycles. The molecule has 0 spiro atoms. The highest BCUT2D eigenvalue weighted by atomic mass is 16.6. The molecule has 1 unspecified atom stereocenters. The highest BCUT2D eigenvalue weighted by Crippen LogP contribution is 2.31. The summed E-state index contributed by atoms with van der Waals surface area (Å²) in [6.07, 6.45) is 3.31. The van der Waals surface area contributed by atoms with Gasteiger partial charge in [-0.3, -0.25) is 14.9 Å². The molecule has 1 aromatic carbocycles. The molecule has 0 heterocycles. The summed E-state index contributed by atoms with van der Waals surface area (Å²) < 4.78 is 10.5. The van der Waals surface area contributed by atoms with Crippen LogP contribution in [-0.4, -0.2) is 36.7 Å². The fourth-order valence-electron chi connectivity index (χ4n) is 3.42. The lowest BCUT2D eigenvalue weighted by molar-refractivity contribution is -0.126. The quantitative estimate of drug-likeness (QED) is 0.669. The largest absolute Gasteiger partial charge is 0.495 e. The van der Waals surface area contributed by atoms with E-state index in [4.69, 9.17) is 9.47 Å². The second kappa shape index (κ2) is 9.62. The number of rotatable bonds is 6. The molecule has 2 rings (SSSR count). The Morgan fingerprint density at radius 1 is 1.10 bits per heavy atom. The van der Waals surface area contributed by atoms with Gasteiger partial charge in [0.05, 0.1) is 12.8 Å². The Hall–Kier alpha value is -2.77. The number of amides is 3. The number of methoxy groups -OCH3 is 1. The van der Waals surface area contributed by atoms with Crippen LogP contribution in [0.1, 0.15) is 53.4 Å². The lowest BCUT2D eigenvalue weighted by Crippen LogP contribution is -2.47. The van der Waals surface area contributed by atoms with E-state index in [0.717, 1.165) is 25.7 Å². The van der Waals surface area contributed by atoms with Gasteiger partial charge in [0, 0.05) is 12.6 Å². The molecular formula is C21H31N3O5. The van der Waals surface area contributed by atoms with E-state index < -0.39 is 17.7 Å². The standard InChI is InChI=1S/C21H31N3O5/c1-13(25)22-18(14-8-6-7-9-14)19(26)23-15-10-11-17(28-5)16(12-15)24-20(27)29-21(2,3)4/h10-12,14,18H,6-9H2,1-5H3,(H,22,25)(H,23,26)(H,24,27). The van der Waals surface area contributed by atoms with Crippen LogP contribution in [0.3, 0.4) is 0 Å². The summed E-state index contributed by atoms with van der Waals surface area (Å²) >= 11 is 0. The molecule has 8 heteroatoms. The molecule has 3 amide bonds. The number of hydrogen-bond donors (Lipinski definition) is 3. The molecule has 1 aliphatic carbocycles. The van der Waals surface area contributed by atoms with Gasteiger partial charge in [-0.2, -0.15) is 0 Å². The van der Waals surface area contributed by atoms with Gasteiger partial charge >= 0.3 is 6.09 Å². The zero-order valence-electron chi connectivity index (χ0n) is 17.8. The summed E-state index contributed by atoms with van der Waals surface area (Å²) in [5, 5.41) is 8.25. The van der Waals surface area contributed by atoms with Crippen molar-refractivity contribution < 1.29 is 23.9 Å². The van der Waals surface area contributed by atoms with Crippen molar-refractivity contribution >= 4 is 29.3 Å². The highest BCUT2D eigenvalue weighted by Gasteiger charge is 2.31. The van der Waals surface area contributed by atoms with Crippen molar-refractivity contribution in [2.24, 2.45) is 5.92 Å². The first kappa shape index (κ1) is 22.5. The number of carbonyl (C=O) groups is 3. The van der Waals surface area contributed by atoms with Crippen LogP contribution >= 0.6 is 0 Å². The van der Waals surface area contributed by atoms with Gasteiger partial charge in [0.1, 0.15) is 17.4 Å². The molecule has 0 saturated heterocycles. The lowest BCUT2D eigenvalue weighted by atomic mass is 9.97. The summed E-state index contributed by atoms with van der Waals surface area (Å²) in [6.45, 7) is 6.72. The van der Waals surface area contributed by atoms with E-state index in [-0.39, 0.29) is 17.7 Å². The Morgan fingerprint density at radius 2 is 1.76 bits per heavy atom. The average molecular weight is 405 g/mol. The van der Waals surface area contributed by atoms with E-state index >= 15 is 0 Å². The fourth-order valence-corrected chi connectivity index (χ4v) is 3.42. The SMILES string of the molecule is COc1ccc(NC(=O)C(NC(C)=O)C2CCCC2)cc1NC(=O)OC(C)(C)C. The number of ether oxygens (including phenoxy) is 2. The molecule has 1 aromatic rings. The normalized spacial score (nSPS) is 15.3. The summed E-state index contributed by atoms with van der Waals surface area (Å²) in [6, 6.07) is 4.33. The Bertz CT molecular complexity index is 751. The van der Waals surface area contributed by atoms with Gasteiger partial charge in [-0.1, -0.05) is 12.8 Å². The Morgan fingerprint density at radius 3 is 2.31 bits per heavy atom. The second-order valence-electron chi connectivity index (χ2n) is 8.25. The topological polar surface area (TPSA) is 106 Å². The zero-order chi connectivity index (χ0) is 21.6. The first-order valence-corrected chi connectivity index (χ1v) is 9.85. The first-order chi connectivity index (χ1) is 13.6. The van der Waals surface area contributed by atoms with Crippen LogP contribution in [0.15, 0.2) is 18.2 Å². The smallest absolute Gasteiger partial charge is 0.412 e. The van der Waals surface area contributed by atoms with Crippen molar-refractivity contribution in [2.75, 3.05) is 17.7 Å². The monoisotopic (exact) mass is 405 g/mol. The molecule has 8 nitrogen and oxygen atoms in total. The Balaban J connectivity index is 2.15. The van der Waals surface area contributed by atoms with Crippen molar-refractivity contribution in [3.05, 3.63) is 18.2 Å². The van der Waals surface area contributed by atoms with Gasteiger partial charge in [0.25, 0.3) is 0 Å². The van der Waals surface area contributed by atoms with Crippen LogP contribution in [-0.2, 0) is 14.3 Å². The number of carbonyl (C=O) groups excluding carboxylic acids is 3. The van der Waals surface area contributed by atoms with Gasteiger partial charge in [-0.05, 0) is 57.7 Å². The first-order valence-electron chi connectivity index (χ1n) is 9.85. The van der Waals surface area contributed by atoms with E-state index in [1.165, 1.54) is 14.0 Å². The van der Waals surface area contributed by atoms with Crippen LogP contribution in [0.5, 0.6) is 5.75 Å². The number of hydrogen-bond acceptors (Lipinski definition) is 5. The molecule has 0 aliphatic heterocycles. The molecule has 1 aliphatic rings. The summed E-state index contributed by atoms with van der Waals surface area (Å²) in [4.78, 5) is 36.5.